The Kier molecular flexibility index (Phi) is 3.21. The van der Waals surface area contributed by atoms with Crippen LogP contribution in [-0.4, -0.2) is 30.1 Å². The van der Waals surface area contributed by atoms with E-state index in [0.717, 1.165) is 30.5 Å². The monoisotopic (exact) mass is 234 g/mol. The lowest BCUT2D eigenvalue weighted by atomic mass is 10.1. The van der Waals surface area contributed by atoms with Crippen molar-refractivity contribution in [2.24, 2.45) is 0 Å². The van der Waals surface area contributed by atoms with Crippen LogP contribution in [0.2, 0.25) is 0 Å². The summed E-state index contributed by atoms with van der Waals surface area (Å²) in [5.74, 6) is 2.18. The van der Waals surface area contributed by atoms with Crippen molar-refractivity contribution in [2.75, 3.05) is 13.1 Å². The van der Waals surface area contributed by atoms with Crippen molar-refractivity contribution in [3.8, 4) is 0 Å². The van der Waals surface area contributed by atoms with E-state index in [2.05, 4.69) is 29.3 Å². The van der Waals surface area contributed by atoms with Crippen molar-refractivity contribution in [3.63, 3.8) is 0 Å². The molecule has 0 spiro atoms. The molecule has 0 aliphatic carbocycles. The summed E-state index contributed by atoms with van der Waals surface area (Å²) >= 11 is 0. The van der Waals surface area contributed by atoms with E-state index in [9.17, 15) is 0 Å². The molecule has 0 amide bonds. The van der Waals surface area contributed by atoms with Gasteiger partial charge in [0, 0.05) is 25.0 Å². The topological polar surface area (TPSA) is 28.4 Å². The van der Waals surface area contributed by atoms with Gasteiger partial charge in [-0.1, -0.05) is 6.92 Å². The van der Waals surface area contributed by atoms with Gasteiger partial charge in [0.1, 0.15) is 11.5 Å². The number of nitrogens with zero attached hydrogens (tertiary/aromatic N) is 1. The minimum Gasteiger partial charge on any atom is -0.465 e. The number of nitrogens with one attached hydrogen (secondary N) is 1. The van der Waals surface area contributed by atoms with Gasteiger partial charge in [-0.3, -0.25) is 4.90 Å². The SMILES string of the molecule is CCc1ccc(CNC2CCN3CCCC23)o1. The third-order valence-electron chi connectivity index (χ3n) is 4.21. The van der Waals surface area contributed by atoms with Crippen molar-refractivity contribution in [1.29, 1.82) is 0 Å². The van der Waals surface area contributed by atoms with Crippen LogP contribution in [0.3, 0.4) is 0 Å². The molecule has 1 aromatic rings. The van der Waals surface area contributed by atoms with Gasteiger partial charge in [0.05, 0.1) is 6.54 Å². The highest BCUT2D eigenvalue weighted by Crippen LogP contribution is 2.28. The first-order valence-electron chi connectivity index (χ1n) is 6.92. The largest absolute Gasteiger partial charge is 0.465 e. The van der Waals surface area contributed by atoms with E-state index >= 15 is 0 Å². The van der Waals surface area contributed by atoms with Crippen molar-refractivity contribution in [1.82, 2.24) is 10.2 Å². The first kappa shape index (κ1) is 11.3. The summed E-state index contributed by atoms with van der Waals surface area (Å²) in [6, 6.07) is 5.66. The maximum absolute atomic E-state index is 5.73. The van der Waals surface area contributed by atoms with Crippen LogP contribution >= 0.6 is 0 Å². The average molecular weight is 234 g/mol. The highest BCUT2D eigenvalue weighted by molar-refractivity contribution is 5.07. The van der Waals surface area contributed by atoms with Crippen LogP contribution in [-0.2, 0) is 13.0 Å². The van der Waals surface area contributed by atoms with Crippen molar-refractivity contribution < 1.29 is 4.42 Å². The molecule has 2 atom stereocenters. The standard InChI is InChI=1S/C14H22N2O/c1-2-11-5-6-12(17-11)10-15-13-7-9-16-8-3-4-14(13)16/h5-6,13-15H,2-4,7-10H2,1H3. The number of aryl methyl sites for hydroxylation is 1. The molecule has 94 valence electrons. The molecule has 3 rings (SSSR count). The summed E-state index contributed by atoms with van der Waals surface area (Å²) in [4.78, 5) is 2.64. The molecule has 17 heavy (non-hydrogen) atoms. The van der Waals surface area contributed by atoms with Gasteiger partial charge >= 0.3 is 0 Å². The van der Waals surface area contributed by atoms with Crippen LogP contribution in [0.5, 0.6) is 0 Å². The molecule has 1 aromatic heterocycles. The zero-order valence-electron chi connectivity index (χ0n) is 10.6. The highest BCUT2D eigenvalue weighted by Gasteiger charge is 2.36. The molecule has 2 saturated heterocycles. The molecule has 1 N–H and O–H groups in total. The fourth-order valence-corrected chi connectivity index (χ4v) is 3.26. The highest BCUT2D eigenvalue weighted by atomic mass is 16.3. The second-order valence-electron chi connectivity index (χ2n) is 5.24. The van der Waals surface area contributed by atoms with Crippen LogP contribution in [0, 0.1) is 0 Å². The molecule has 0 bridgehead atoms. The number of hydrogen-bond donors (Lipinski definition) is 1. The molecule has 0 radical (unpaired) electrons. The second-order valence-corrected chi connectivity index (χ2v) is 5.24. The van der Waals surface area contributed by atoms with E-state index in [1.807, 2.05) is 0 Å². The van der Waals surface area contributed by atoms with E-state index in [1.165, 1.54) is 32.4 Å². The fraction of sp³-hybridized carbons (Fsp3) is 0.714. The minimum atomic E-state index is 0.674. The average Bonchev–Trinajstić information content (AvgIpc) is 3.03. The van der Waals surface area contributed by atoms with E-state index in [0.29, 0.717) is 6.04 Å². The quantitative estimate of drug-likeness (QED) is 0.865. The molecule has 0 aromatic carbocycles. The van der Waals surface area contributed by atoms with E-state index in [1.54, 1.807) is 0 Å². The molecule has 2 aliphatic rings. The molecule has 3 heteroatoms. The smallest absolute Gasteiger partial charge is 0.117 e. The lowest BCUT2D eigenvalue weighted by molar-refractivity contribution is 0.295. The Morgan fingerprint density at radius 1 is 1.29 bits per heavy atom. The third kappa shape index (κ3) is 2.26. The summed E-state index contributed by atoms with van der Waals surface area (Å²) in [6.07, 6.45) is 5.03. The van der Waals surface area contributed by atoms with Crippen molar-refractivity contribution in [2.45, 2.75) is 51.2 Å². The summed E-state index contributed by atoms with van der Waals surface area (Å²) in [5.41, 5.74) is 0. The predicted octanol–water partition coefficient (Wildman–Crippen LogP) is 2.17. The third-order valence-corrected chi connectivity index (χ3v) is 4.21. The Hall–Kier alpha value is -0.800. The van der Waals surface area contributed by atoms with Gasteiger partial charge in [0.2, 0.25) is 0 Å². The van der Waals surface area contributed by atoms with Gasteiger partial charge in [0.15, 0.2) is 0 Å². The van der Waals surface area contributed by atoms with Crippen LogP contribution in [0.15, 0.2) is 16.5 Å². The molecule has 3 nitrogen and oxygen atoms in total. The van der Waals surface area contributed by atoms with Gasteiger partial charge in [0.25, 0.3) is 0 Å². The molecule has 2 fully saturated rings. The van der Waals surface area contributed by atoms with Gasteiger partial charge in [-0.15, -0.1) is 0 Å². The van der Waals surface area contributed by atoms with E-state index < -0.39 is 0 Å². The van der Waals surface area contributed by atoms with Gasteiger partial charge in [-0.05, 0) is 37.9 Å². The van der Waals surface area contributed by atoms with Crippen molar-refractivity contribution in [3.05, 3.63) is 23.7 Å². The van der Waals surface area contributed by atoms with Crippen molar-refractivity contribution >= 4 is 0 Å². The van der Waals surface area contributed by atoms with E-state index in [4.69, 9.17) is 4.42 Å². The number of furan rings is 1. The van der Waals surface area contributed by atoms with Gasteiger partial charge < -0.3 is 9.73 Å². The summed E-state index contributed by atoms with van der Waals surface area (Å²) in [6.45, 7) is 5.60. The molecule has 3 heterocycles. The number of rotatable bonds is 4. The maximum atomic E-state index is 5.73. The summed E-state index contributed by atoms with van der Waals surface area (Å²) < 4.78 is 5.73. The van der Waals surface area contributed by atoms with E-state index in [-0.39, 0.29) is 0 Å². The predicted molar refractivity (Wildman–Crippen MR) is 67.9 cm³/mol. The van der Waals surface area contributed by atoms with Crippen LogP contribution in [0.1, 0.15) is 37.7 Å². The molecular weight excluding hydrogens is 212 g/mol. The maximum Gasteiger partial charge on any atom is 0.117 e. The lowest BCUT2D eigenvalue weighted by Crippen LogP contribution is -2.38. The summed E-state index contributed by atoms with van der Waals surface area (Å²) in [7, 11) is 0. The minimum absolute atomic E-state index is 0.674. The Morgan fingerprint density at radius 3 is 3.00 bits per heavy atom. The first-order valence-corrected chi connectivity index (χ1v) is 6.92. The normalized spacial score (nSPS) is 28.8. The Morgan fingerprint density at radius 2 is 2.18 bits per heavy atom. The Labute approximate surface area is 103 Å². The first-order chi connectivity index (χ1) is 8.36. The second kappa shape index (κ2) is 4.83. The van der Waals surface area contributed by atoms with Crippen LogP contribution in [0.25, 0.3) is 0 Å². The lowest BCUT2D eigenvalue weighted by Gasteiger charge is -2.20. The number of hydrogen-bond acceptors (Lipinski definition) is 3. The summed E-state index contributed by atoms with van der Waals surface area (Å²) in [5, 5.41) is 3.67. The molecule has 2 unspecified atom stereocenters. The van der Waals surface area contributed by atoms with Crippen LogP contribution in [0.4, 0.5) is 0 Å². The fourth-order valence-electron chi connectivity index (χ4n) is 3.26. The molecular formula is C14H22N2O. The number of fused-ring (bicyclic) bond motifs is 1. The molecule has 0 saturated carbocycles. The van der Waals surface area contributed by atoms with Gasteiger partial charge in [-0.2, -0.15) is 0 Å². The zero-order chi connectivity index (χ0) is 11.7. The molecule has 2 aliphatic heterocycles. The Balaban J connectivity index is 1.54. The van der Waals surface area contributed by atoms with Gasteiger partial charge in [-0.25, -0.2) is 0 Å². The van der Waals surface area contributed by atoms with Crippen LogP contribution < -0.4 is 5.32 Å². The Bertz CT molecular complexity index is 374. The zero-order valence-corrected chi connectivity index (χ0v) is 10.6.